The second-order valence-corrected chi connectivity index (χ2v) is 8.51. The maximum Gasteiger partial charge on any atom is 0.329 e. The van der Waals surface area contributed by atoms with Gasteiger partial charge >= 0.3 is 5.69 Å². The minimum Gasteiger partial charge on any atom is -0.483 e. The van der Waals surface area contributed by atoms with Crippen LogP contribution in [0.3, 0.4) is 0 Å². The summed E-state index contributed by atoms with van der Waals surface area (Å²) in [5, 5.41) is 12.6. The van der Waals surface area contributed by atoms with Crippen molar-refractivity contribution in [3.63, 3.8) is 0 Å². The van der Waals surface area contributed by atoms with Gasteiger partial charge in [-0.2, -0.15) is 0 Å². The summed E-state index contributed by atoms with van der Waals surface area (Å²) in [7, 11) is 1.74. The van der Waals surface area contributed by atoms with Crippen molar-refractivity contribution in [3.05, 3.63) is 34.2 Å². The summed E-state index contributed by atoms with van der Waals surface area (Å²) in [6, 6.07) is 5.43. The number of carboxylic acid groups (broad SMARTS) is 1. The smallest absolute Gasteiger partial charge is 0.329 e. The summed E-state index contributed by atoms with van der Waals surface area (Å²) < 4.78 is 3.14. The number of piperidine rings is 1. The minimum atomic E-state index is -0.630. The van der Waals surface area contributed by atoms with Crippen LogP contribution in [0.2, 0.25) is 0 Å². The van der Waals surface area contributed by atoms with E-state index in [0.717, 1.165) is 50.1 Å². The lowest BCUT2D eigenvalue weighted by Gasteiger charge is -2.27. The molecule has 10 heteroatoms. The number of imide groups is 1. The lowest BCUT2D eigenvalue weighted by Crippen LogP contribution is -2.44. The van der Waals surface area contributed by atoms with Gasteiger partial charge in [0.1, 0.15) is 6.04 Å². The zero-order valence-electron chi connectivity index (χ0n) is 21.1. The standard InChI is InChI=1S/C22H31N5O3.C2H6.CH2O2/c1-25-19-15-16(5-3-2-4-12-26-13-10-23-11-14-26)6-7-17(19)27(22(25)30)18-8-9-20(28)24-21(18)29;1-2;2-1-3/h6-7,15,18,23H,2-5,8-14H2,1H3,(H,24,28,29);1-2H3;1H,(H,2,3). The van der Waals surface area contributed by atoms with E-state index >= 15 is 0 Å². The number of aryl methyl sites for hydroxylation is 2. The largest absolute Gasteiger partial charge is 0.483 e. The van der Waals surface area contributed by atoms with Crippen molar-refractivity contribution in [1.82, 2.24) is 24.7 Å². The van der Waals surface area contributed by atoms with Gasteiger partial charge in [0, 0.05) is 39.6 Å². The first kappa shape index (κ1) is 28.3. The molecule has 2 aromatic rings. The second-order valence-electron chi connectivity index (χ2n) is 8.51. The molecule has 2 aliphatic heterocycles. The molecule has 1 atom stereocenters. The van der Waals surface area contributed by atoms with Crippen molar-refractivity contribution in [2.75, 3.05) is 32.7 Å². The lowest BCUT2D eigenvalue weighted by atomic mass is 10.0. The second kappa shape index (κ2) is 14.4. The number of nitrogens with one attached hydrogen (secondary N) is 2. The molecule has 2 fully saturated rings. The average Bonchev–Trinajstić information content (AvgIpc) is 3.11. The fourth-order valence-electron chi connectivity index (χ4n) is 4.57. The van der Waals surface area contributed by atoms with Crippen LogP contribution in [0.4, 0.5) is 0 Å². The van der Waals surface area contributed by atoms with Crippen molar-refractivity contribution < 1.29 is 19.5 Å². The summed E-state index contributed by atoms with van der Waals surface area (Å²) in [5.74, 6) is -0.668. The number of imidazole rings is 1. The molecule has 4 rings (SSSR count). The van der Waals surface area contributed by atoms with Crippen LogP contribution in [0.15, 0.2) is 23.0 Å². The van der Waals surface area contributed by atoms with E-state index in [0.29, 0.717) is 6.42 Å². The highest BCUT2D eigenvalue weighted by Gasteiger charge is 2.31. The Morgan fingerprint density at radius 3 is 2.40 bits per heavy atom. The molecule has 194 valence electrons. The van der Waals surface area contributed by atoms with Crippen molar-refractivity contribution >= 4 is 29.3 Å². The Kier molecular flexibility index (Phi) is 11.6. The van der Waals surface area contributed by atoms with Gasteiger partial charge < -0.3 is 15.3 Å². The van der Waals surface area contributed by atoms with E-state index in [1.165, 1.54) is 29.5 Å². The van der Waals surface area contributed by atoms with Gasteiger partial charge in [-0.05, 0) is 49.9 Å². The molecule has 10 nitrogen and oxygen atoms in total. The Bertz CT molecular complexity index is 1040. The number of nitrogens with zero attached hydrogens (tertiary/aromatic N) is 3. The van der Waals surface area contributed by atoms with Crippen molar-refractivity contribution in [1.29, 1.82) is 0 Å². The van der Waals surface area contributed by atoms with E-state index in [1.807, 2.05) is 19.9 Å². The number of carbonyl (C=O) groups is 3. The number of carbonyl (C=O) groups excluding carboxylic acids is 2. The Morgan fingerprint density at radius 1 is 1.06 bits per heavy atom. The SMILES string of the molecule is CC.Cn1c(=O)n(C2CCC(=O)NC2=O)c2ccc(CCCCCN3CCNCC3)cc21.O=CO. The number of fused-ring (bicyclic) bond motifs is 1. The zero-order chi connectivity index (χ0) is 25.8. The molecule has 3 N–H and O–H groups in total. The van der Waals surface area contributed by atoms with Gasteiger partial charge in [0.05, 0.1) is 11.0 Å². The summed E-state index contributed by atoms with van der Waals surface area (Å²) in [4.78, 5) is 47.5. The molecule has 1 aromatic carbocycles. The highest BCUT2D eigenvalue weighted by molar-refractivity contribution is 6.00. The summed E-state index contributed by atoms with van der Waals surface area (Å²) in [6.07, 6.45) is 5.13. The average molecular weight is 490 g/mol. The maximum atomic E-state index is 12.8. The van der Waals surface area contributed by atoms with Crippen LogP contribution in [0, 0.1) is 0 Å². The number of rotatable bonds is 7. The van der Waals surface area contributed by atoms with Crippen LogP contribution in [0.5, 0.6) is 0 Å². The number of aromatic nitrogens is 2. The number of piperazine rings is 1. The molecular formula is C25H39N5O5. The van der Waals surface area contributed by atoms with Crippen molar-refractivity contribution in [2.24, 2.45) is 7.05 Å². The Hall–Kier alpha value is -2.98. The minimum absolute atomic E-state index is 0.215. The molecule has 3 heterocycles. The van der Waals surface area contributed by atoms with Crippen LogP contribution in [0.1, 0.15) is 57.6 Å². The maximum absolute atomic E-state index is 12.8. The molecule has 2 amide bonds. The van der Waals surface area contributed by atoms with Gasteiger partial charge in [-0.25, -0.2) is 4.79 Å². The van der Waals surface area contributed by atoms with Gasteiger partial charge in [-0.3, -0.25) is 28.8 Å². The fraction of sp³-hybridized carbons (Fsp3) is 0.600. The van der Waals surface area contributed by atoms with Crippen LogP contribution < -0.4 is 16.3 Å². The fourth-order valence-corrected chi connectivity index (χ4v) is 4.57. The molecule has 35 heavy (non-hydrogen) atoms. The Labute approximate surface area is 206 Å². The summed E-state index contributed by atoms with van der Waals surface area (Å²) >= 11 is 0. The third-order valence-corrected chi connectivity index (χ3v) is 6.32. The quantitative estimate of drug-likeness (QED) is 0.307. The Morgan fingerprint density at radius 2 is 1.74 bits per heavy atom. The van der Waals surface area contributed by atoms with E-state index in [2.05, 4.69) is 27.7 Å². The van der Waals surface area contributed by atoms with E-state index in [9.17, 15) is 14.4 Å². The molecule has 2 saturated heterocycles. The van der Waals surface area contributed by atoms with E-state index in [1.54, 1.807) is 11.6 Å². The molecule has 0 saturated carbocycles. The number of hydrogen-bond donors (Lipinski definition) is 3. The number of benzene rings is 1. The number of hydrogen-bond acceptors (Lipinski definition) is 6. The molecule has 0 bridgehead atoms. The molecule has 2 aliphatic rings. The Balaban J connectivity index is 0.000000803. The lowest BCUT2D eigenvalue weighted by molar-refractivity contribution is -0.135. The molecule has 1 unspecified atom stereocenters. The molecular weight excluding hydrogens is 450 g/mol. The molecule has 0 radical (unpaired) electrons. The van der Waals surface area contributed by atoms with Crippen molar-refractivity contribution in [2.45, 2.75) is 58.4 Å². The van der Waals surface area contributed by atoms with E-state index in [-0.39, 0.29) is 24.5 Å². The highest BCUT2D eigenvalue weighted by Crippen LogP contribution is 2.24. The van der Waals surface area contributed by atoms with Crippen LogP contribution in [0.25, 0.3) is 11.0 Å². The van der Waals surface area contributed by atoms with E-state index < -0.39 is 11.9 Å². The molecule has 1 aromatic heterocycles. The topological polar surface area (TPSA) is 126 Å². The van der Waals surface area contributed by atoms with Gasteiger partial charge in [-0.15, -0.1) is 0 Å². The summed E-state index contributed by atoms with van der Waals surface area (Å²) in [6.45, 7) is 9.40. The third-order valence-electron chi connectivity index (χ3n) is 6.32. The molecule has 0 aliphatic carbocycles. The summed E-state index contributed by atoms with van der Waals surface area (Å²) in [5.41, 5.74) is 2.58. The predicted octanol–water partition coefficient (Wildman–Crippen LogP) is 1.66. The van der Waals surface area contributed by atoms with Gasteiger partial charge in [-0.1, -0.05) is 26.3 Å². The zero-order valence-corrected chi connectivity index (χ0v) is 21.1. The van der Waals surface area contributed by atoms with Crippen LogP contribution >= 0.6 is 0 Å². The van der Waals surface area contributed by atoms with Gasteiger partial charge in [0.25, 0.3) is 6.47 Å². The number of unbranched alkanes of at least 4 members (excludes halogenated alkanes) is 2. The third kappa shape index (κ3) is 7.50. The van der Waals surface area contributed by atoms with Crippen LogP contribution in [-0.2, 0) is 27.9 Å². The first-order valence-corrected chi connectivity index (χ1v) is 12.5. The van der Waals surface area contributed by atoms with Crippen LogP contribution in [-0.4, -0.2) is 70.2 Å². The van der Waals surface area contributed by atoms with Gasteiger partial charge in [0.2, 0.25) is 11.8 Å². The highest BCUT2D eigenvalue weighted by atomic mass is 16.3. The first-order chi connectivity index (χ1) is 17.0. The van der Waals surface area contributed by atoms with Gasteiger partial charge in [0.15, 0.2) is 0 Å². The van der Waals surface area contributed by atoms with E-state index in [4.69, 9.17) is 9.90 Å². The molecule has 0 spiro atoms. The first-order valence-electron chi connectivity index (χ1n) is 12.5. The van der Waals surface area contributed by atoms with Crippen molar-refractivity contribution in [3.8, 4) is 0 Å². The normalized spacial score (nSPS) is 18.2. The number of amides is 2. The monoisotopic (exact) mass is 489 g/mol. The predicted molar refractivity (Wildman–Crippen MR) is 136 cm³/mol.